The zero-order valence-electron chi connectivity index (χ0n) is 7.42. The molecule has 0 bridgehead atoms. The molecule has 13 heavy (non-hydrogen) atoms. The van der Waals surface area contributed by atoms with Crippen molar-refractivity contribution in [1.82, 2.24) is 0 Å². The van der Waals surface area contributed by atoms with Crippen LogP contribution >= 0.6 is 15.9 Å². The van der Waals surface area contributed by atoms with E-state index in [0.717, 1.165) is 10.0 Å². The Hall–Kier alpha value is -0.850. The van der Waals surface area contributed by atoms with Crippen LogP contribution in [0.4, 0.5) is 0 Å². The predicted molar refractivity (Wildman–Crippen MR) is 55.9 cm³/mol. The molecule has 0 fully saturated rings. The largest absolute Gasteiger partial charge is 0.321 e. The van der Waals surface area contributed by atoms with Gasteiger partial charge in [0.05, 0.1) is 18.0 Å². The SMILES string of the molecule is C[C@@](N)(CC#N)c1cccc(Br)c1. The van der Waals surface area contributed by atoms with Crippen molar-refractivity contribution < 1.29 is 0 Å². The Morgan fingerprint density at radius 3 is 2.85 bits per heavy atom. The lowest BCUT2D eigenvalue weighted by atomic mass is 9.91. The standard InChI is InChI=1S/C10H11BrN2/c1-10(13,5-6-12)8-3-2-4-9(11)7-8/h2-4,7H,5,13H2,1H3/t10-/m1/s1. The van der Waals surface area contributed by atoms with E-state index in [1.165, 1.54) is 0 Å². The molecule has 0 aliphatic carbocycles. The van der Waals surface area contributed by atoms with E-state index in [1.807, 2.05) is 31.2 Å². The highest BCUT2D eigenvalue weighted by Crippen LogP contribution is 2.23. The van der Waals surface area contributed by atoms with Crippen LogP contribution in [0.2, 0.25) is 0 Å². The maximum atomic E-state index is 8.59. The zero-order chi connectivity index (χ0) is 9.90. The lowest BCUT2D eigenvalue weighted by molar-refractivity contribution is 0.507. The summed E-state index contributed by atoms with van der Waals surface area (Å²) in [5, 5.41) is 8.59. The topological polar surface area (TPSA) is 49.8 Å². The van der Waals surface area contributed by atoms with Gasteiger partial charge in [0.1, 0.15) is 0 Å². The highest BCUT2D eigenvalue weighted by molar-refractivity contribution is 9.10. The van der Waals surface area contributed by atoms with Crippen molar-refractivity contribution in [3.63, 3.8) is 0 Å². The highest BCUT2D eigenvalue weighted by Gasteiger charge is 2.20. The van der Waals surface area contributed by atoms with Crippen molar-refractivity contribution in [2.45, 2.75) is 18.9 Å². The molecule has 0 saturated heterocycles. The van der Waals surface area contributed by atoms with E-state index in [0.29, 0.717) is 6.42 Å². The molecule has 0 aliphatic heterocycles. The molecule has 1 aromatic rings. The monoisotopic (exact) mass is 238 g/mol. The van der Waals surface area contributed by atoms with Crippen LogP contribution in [0.15, 0.2) is 28.7 Å². The Labute approximate surface area is 86.5 Å². The third-order valence-electron chi connectivity index (χ3n) is 1.93. The lowest BCUT2D eigenvalue weighted by Gasteiger charge is -2.21. The molecule has 0 radical (unpaired) electrons. The third kappa shape index (κ3) is 2.55. The molecule has 1 rings (SSSR count). The number of rotatable bonds is 2. The van der Waals surface area contributed by atoms with Gasteiger partial charge in [-0.15, -0.1) is 0 Å². The number of nitrogens with two attached hydrogens (primary N) is 1. The summed E-state index contributed by atoms with van der Waals surface area (Å²) in [6.45, 7) is 1.86. The average molecular weight is 239 g/mol. The summed E-state index contributed by atoms with van der Waals surface area (Å²) in [5.41, 5.74) is 6.39. The third-order valence-corrected chi connectivity index (χ3v) is 2.42. The summed E-state index contributed by atoms with van der Waals surface area (Å²) >= 11 is 3.37. The van der Waals surface area contributed by atoms with Gasteiger partial charge in [0.15, 0.2) is 0 Å². The summed E-state index contributed by atoms with van der Waals surface area (Å²) in [5.74, 6) is 0. The van der Waals surface area contributed by atoms with Crippen molar-refractivity contribution in [2.24, 2.45) is 5.73 Å². The number of nitrogens with zero attached hydrogens (tertiary/aromatic N) is 1. The van der Waals surface area contributed by atoms with Gasteiger partial charge in [-0.05, 0) is 24.6 Å². The molecule has 0 unspecified atom stereocenters. The van der Waals surface area contributed by atoms with Crippen LogP contribution in [0, 0.1) is 11.3 Å². The minimum absolute atomic E-state index is 0.323. The van der Waals surface area contributed by atoms with Crippen LogP contribution in [0.5, 0.6) is 0 Å². The first-order valence-corrected chi connectivity index (χ1v) is 4.77. The fourth-order valence-electron chi connectivity index (χ4n) is 1.11. The van der Waals surface area contributed by atoms with E-state index in [-0.39, 0.29) is 0 Å². The fourth-order valence-corrected chi connectivity index (χ4v) is 1.51. The lowest BCUT2D eigenvalue weighted by Crippen LogP contribution is -2.32. The van der Waals surface area contributed by atoms with Gasteiger partial charge < -0.3 is 5.73 Å². The van der Waals surface area contributed by atoms with Gasteiger partial charge in [0.2, 0.25) is 0 Å². The first kappa shape index (κ1) is 10.2. The summed E-state index contributed by atoms with van der Waals surface area (Å²) in [7, 11) is 0. The van der Waals surface area contributed by atoms with E-state index < -0.39 is 5.54 Å². The van der Waals surface area contributed by atoms with E-state index in [9.17, 15) is 0 Å². The number of hydrogen-bond acceptors (Lipinski definition) is 2. The first-order valence-electron chi connectivity index (χ1n) is 3.98. The van der Waals surface area contributed by atoms with Crippen molar-refractivity contribution in [1.29, 1.82) is 5.26 Å². The molecule has 0 saturated carbocycles. The van der Waals surface area contributed by atoms with Gasteiger partial charge in [0, 0.05) is 4.47 Å². The number of hydrogen-bond donors (Lipinski definition) is 1. The Morgan fingerprint density at radius 2 is 2.31 bits per heavy atom. The maximum Gasteiger partial charge on any atom is 0.0644 e. The van der Waals surface area contributed by atoms with Crippen LogP contribution in [-0.2, 0) is 5.54 Å². The number of halogens is 1. The van der Waals surface area contributed by atoms with Crippen LogP contribution in [0.25, 0.3) is 0 Å². The Bertz CT molecular complexity index is 339. The molecule has 1 aromatic carbocycles. The molecule has 0 heterocycles. The molecule has 0 spiro atoms. The van der Waals surface area contributed by atoms with Crippen molar-refractivity contribution in [3.05, 3.63) is 34.3 Å². The number of nitriles is 1. The second-order valence-electron chi connectivity index (χ2n) is 3.26. The Balaban J connectivity index is 3.01. The molecule has 2 nitrogen and oxygen atoms in total. The summed E-state index contributed by atoms with van der Waals surface area (Å²) in [4.78, 5) is 0. The number of benzene rings is 1. The second kappa shape index (κ2) is 3.91. The van der Waals surface area contributed by atoms with Gasteiger partial charge >= 0.3 is 0 Å². The average Bonchev–Trinajstić information content (AvgIpc) is 2.04. The molecule has 0 aliphatic rings. The normalized spacial score (nSPS) is 14.6. The maximum absolute atomic E-state index is 8.59. The molecular weight excluding hydrogens is 228 g/mol. The van der Waals surface area contributed by atoms with Crippen molar-refractivity contribution in [3.8, 4) is 6.07 Å². The fraction of sp³-hybridized carbons (Fsp3) is 0.300. The predicted octanol–water partition coefficient (Wildman–Crippen LogP) is 2.54. The van der Waals surface area contributed by atoms with E-state index in [4.69, 9.17) is 11.0 Å². The molecule has 0 aromatic heterocycles. The summed E-state index contributed by atoms with van der Waals surface area (Å²) in [6, 6.07) is 9.82. The minimum atomic E-state index is -0.557. The molecular formula is C10H11BrN2. The van der Waals surface area contributed by atoms with Crippen LogP contribution < -0.4 is 5.73 Å². The van der Waals surface area contributed by atoms with E-state index >= 15 is 0 Å². The van der Waals surface area contributed by atoms with Gasteiger partial charge in [0.25, 0.3) is 0 Å². The zero-order valence-corrected chi connectivity index (χ0v) is 9.01. The van der Waals surface area contributed by atoms with Crippen LogP contribution in [-0.4, -0.2) is 0 Å². The quantitative estimate of drug-likeness (QED) is 0.862. The summed E-state index contributed by atoms with van der Waals surface area (Å²) in [6.07, 6.45) is 0.323. The Kier molecular flexibility index (Phi) is 3.07. The Morgan fingerprint density at radius 1 is 1.62 bits per heavy atom. The van der Waals surface area contributed by atoms with Gasteiger partial charge in [-0.25, -0.2) is 0 Å². The van der Waals surface area contributed by atoms with Gasteiger partial charge in [-0.3, -0.25) is 0 Å². The molecule has 0 amide bonds. The summed E-state index contributed by atoms with van der Waals surface area (Å²) < 4.78 is 0.986. The highest BCUT2D eigenvalue weighted by atomic mass is 79.9. The first-order chi connectivity index (χ1) is 6.06. The van der Waals surface area contributed by atoms with Crippen LogP contribution in [0.3, 0.4) is 0 Å². The molecule has 1 atom stereocenters. The van der Waals surface area contributed by atoms with E-state index in [2.05, 4.69) is 22.0 Å². The minimum Gasteiger partial charge on any atom is -0.321 e. The van der Waals surface area contributed by atoms with Crippen molar-refractivity contribution in [2.75, 3.05) is 0 Å². The second-order valence-corrected chi connectivity index (χ2v) is 4.18. The van der Waals surface area contributed by atoms with Gasteiger partial charge in [-0.1, -0.05) is 28.1 Å². The van der Waals surface area contributed by atoms with E-state index in [1.54, 1.807) is 0 Å². The van der Waals surface area contributed by atoms with Crippen LogP contribution in [0.1, 0.15) is 18.9 Å². The molecule has 2 N–H and O–H groups in total. The molecule has 3 heteroatoms. The van der Waals surface area contributed by atoms with Gasteiger partial charge in [-0.2, -0.15) is 5.26 Å². The molecule has 68 valence electrons. The van der Waals surface area contributed by atoms with Crippen molar-refractivity contribution >= 4 is 15.9 Å². The smallest absolute Gasteiger partial charge is 0.0644 e.